The third-order valence-corrected chi connectivity index (χ3v) is 5.38. The van der Waals surface area contributed by atoms with Crippen LogP contribution < -0.4 is 5.56 Å². The Bertz CT molecular complexity index is 1150. The molecule has 4 aromatic rings. The van der Waals surface area contributed by atoms with Gasteiger partial charge in [-0.05, 0) is 38.1 Å². The molecule has 0 spiro atoms. The summed E-state index contributed by atoms with van der Waals surface area (Å²) in [6.45, 7) is 4.44. The smallest absolute Gasteiger partial charge is 0.262 e. The normalized spacial score (nSPS) is 11.2. The monoisotopic (exact) mass is 377 g/mol. The van der Waals surface area contributed by atoms with Crippen LogP contribution in [0, 0.1) is 6.92 Å². The van der Waals surface area contributed by atoms with E-state index < -0.39 is 0 Å². The van der Waals surface area contributed by atoms with Crippen molar-refractivity contribution < 1.29 is 4.42 Å². The van der Waals surface area contributed by atoms with Crippen LogP contribution in [0.1, 0.15) is 18.4 Å². The molecule has 136 valence electrons. The molecule has 0 saturated heterocycles. The quantitative estimate of drug-likeness (QED) is 0.373. The Kier molecular flexibility index (Phi) is 4.81. The van der Waals surface area contributed by atoms with Crippen molar-refractivity contribution in [1.82, 2.24) is 14.5 Å². The molecule has 0 fully saturated rings. The Morgan fingerprint density at radius 1 is 1.04 bits per heavy atom. The van der Waals surface area contributed by atoms with Gasteiger partial charge in [-0.1, -0.05) is 42.1 Å². The van der Waals surface area contributed by atoms with Crippen LogP contribution in [0.15, 0.2) is 69.0 Å². The first-order chi connectivity index (χ1) is 13.2. The zero-order valence-corrected chi connectivity index (χ0v) is 16.0. The second-order valence-electron chi connectivity index (χ2n) is 6.14. The van der Waals surface area contributed by atoms with Crippen LogP contribution in [-0.4, -0.2) is 14.5 Å². The van der Waals surface area contributed by atoms with Crippen LogP contribution in [0.3, 0.4) is 0 Å². The molecule has 5 nitrogen and oxygen atoms in total. The van der Waals surface area contributed by atoms with Crippen molar-refractivity contribution in [2.45, 2.75) is 31.3 Å². The summed E-state index contributed by atoms with van der Waals surface area (Å²) in [6.07, 6.45) is 0. The van der Waals surface area contributed by atoms with Crippen LogP contribution in [0.25, 0.3) is 22.4 Å². The summed E-state index contributed by atoms with van der Waals surface area (Å²) < 4.78 is 7.54. The number of hydrogen-bond donors (Lipinski definition) is 0. The first kappa shape index (κ1) is 17.5. The summed E-state index contributed by atoms with van der Waals surface area (Å²) in [5.41, 5.74) is 2.53. The molecule has 4 rings (SSSR count). The number of nitrogens with zero attached hydrogens (tertiary/aromatic N) is 3. The summed E-state index contributed by atoms with van der Waals surface area (Å²) in [4.78, 5) is 22.0. The highest BCUT2D eigenvalue weighted by atomic mass is 32.2. The van der Waals surface area contributed by atoms with Crippen molar-refractivity contribution in [2.75, 3.05) is 0 Å². The van der Waals surface area contributed by atoms with Crippen molar-refractivity contribution in [2.24, 2.45) is 0 Å². The van der Waals surface area contributed by atoms with Gasteiger partial charge in [0, 0.05) is 17.9 Å². The zero-order valence-electron chi connectivity index (χ0n) is 15.2. The predicted molar refractivity (Wildman–Crippen MR) is 108 cm³/mol. The van der Waals surface area contributed by atoms with Crippen molar-refractivity contribution >= 4 is 22.7 Å². The highest BCUT2D eigenvalue weighted by molar-refractivity contribution is 7.98. The number of thioether (sulfide) groups is 1. The highest BCUT2D eigenvalue weighted by Gasteiger charge is 2.14. The zero-order chi connectivity index (χ0) is 18.8. The van der Waals surface area contributed by atoms with Gasteiger partial charge in [-0.2, -0.15) is 0 Å². The molecule has 0 N–H and O–H groups in total. The number of rotatable bonds is 5. The molecular weight excluding hydrogens is 358 g/mol. The molecule has 2 heterocycles. The average molecular weight is 377 g/mol. The van der Waals surface area contributed by atoms with Gasteiger partial charge in [0.05, 0.1) is 16.6 Å². The summed E-state index contributed by atoms with van der Waals surface area (Å²) in [7, 11) is 0. The second-order valence-corrected chi connectivity index (χ2v) is 7.08. The molecule has 0 aliphatic heterocycles. The summed E-state index contributed by atoms with van der Waals surface area (Å²) in [5, 5.41) is 1.34. The van der Waals surface area contributed by atoms with Gasteiger partial charge in [0.1, 0.15) is 5.76 Å². The van der Waals surface area contributed by atoms with E-state index in [0.717, 1.165) is 22.5 Å². The maximum atomic E-state index is 12.7. The second kappa shape index (κ2) is 7.40. The Morgan fingerprint density at radius 3 is 2.56 bits per heavy atom. The fourth-order valence-corrected chi connectivity index (χ4v) is 4.00. The first-order valence-corrected chi connectivity index (χ1v) is 9.80. The SMILES string of the molecule is CCn1c(SCc2nc(-c3ccccc3)oc2C)nc2ccccc2c1=O. The third-order valence-electron chi connectivity index (χ3n) is 4.39. The van der Waals surface area contributed by atoms with Crippen molar-refractivity contribution in [1.29, 1.82) is 0 Å². The standard InChI is InChI=1S/C21H19N3O2S/c1-3-24-20(25)16-11-7-8-12-17(16)23-21(24)27-13-18-14(2)26-19(22-18)15-9-5-4-6-10-15/h4-12H,3,13H2,1-2H3. The fourth-order valence-electron chi connectivity index (χ4n) is 2.94. The molecule has 0 atom stereocenters. The van der Waals surface area contributed by atoms with Crippen molar-refractivity contribution in [3.05, 3.63) is 76.4 Å². The van der Waals surface area contributed by atoms with Crippen molar-refractivity contribution in [3.63, 3.8) is 0 Å². The van der Waals surface area contributed by atoms with E-state index in [1.807, 2.05) is 68.4 Å². The van der Waals surface area contributed by atoms with Gasteiger partial charge in [0.15, 0.2) is 5.16 Å². The predicted octanol–water partition coefficient (Wildman–Crippen LogP) is 4.67. The number of fused-ring (bicyclic) bond motifs is 1. The maximum Gasteiger partial charge on any atom is 0.262 e. The van der Waals surface area contributed by atoms with E-state index in [0.29, 0.717) is 28.7 Å². The van der Waals surface area contributed by atoms with Crippen LogP contribution in [-0.2, 0) is 12.3 Å². The first-order valence-electron chi connectivity index (χ1n) is 8.81. The Labute approximate surface area is 161 Å². The van der Waals surface area contributed by atoms with Gasteiger partial charge in [-0.25, -0.2) is 9.97 Å². The minimum atomic E-state index is -0.00699. The topological polar surface area (TPSA) is 60.9 Å². The Hall–Kier alpha value is -2.86. The minimum absolute atomic E-state index is 0.00699. The van der Waals surface area contributed by atoms with Gasteiger partial charge < -0.3 is 4.42 Å². The third kappa shape index (κ3) is 3.40. The number of oxazole rings is 1. The molecule has 0 amide bonds. The largest absolute Gasteiger partial charge is 0.441 e. The molecule has 0 saturated carbocycles. The van der Waals surface area contributed by atoms with E-state index in [9.17, 15) is 4.79 Å². The molecule has 0 radical (unpaired) electrons. The molecular formula is C21H19N3O2S. The molecule has 0 aliphatic carbocycles. The Balaban J connectivity index is 1.64. The van der Waals surface area contributed by atoms with Gasteiger partial charge in [-0.3, -0.25) is 9.36 Å². The van der Waals surface area contributed by atoms with E-state index in [-0.39, 0.29) is 5.56 Å². The molecule has 2 aromatic heterocycles. The molecule has 0 bridgehead atoms. The lowest BCUT2D eigenvalue weighted by Gasteiger charge is -2.10. The van der Waals surface area contributed by atoms with Crippen molar-refractivity contribution in [3.8, 4) is 11.5 Å². The summed E-state index contributed by atoms with van der Waals surface area (Å²) in [6, 6.07) is 17.3. The molecule has 2 aromatic carbocycles. The minimum Gasteiger partial charge on any atom is -0.441 e. The van der Waals surface area contributed by atoms with Crippen LogP contribution in [0.4, 0.5) is 0 Å². The average Bonchev–Trinajstić information content (AvgIpc) is 3.08. The number of hydrogen-bond acceptors (Lipinski definition) is 5. The van der Waals surface area contributed by atoms with Gasteiger partial charge in [0.2, 0.25) is 5.89 Å². The van der Waals surface area contributed by atoms with E-state index in [1.54, 1.807) is 4.57 Å². The number of para-hydroxylation sites is 1. The lowest BCUT2D eigenvalue weighted by molar-refractivity contribution is 0.540. The highest BCUT2D eigenvalue weighted by Crippen LogP contribution is 2.27. The number of benzene rings is 2. The summed E-state index contributed by atoms with van der Waals surface area (Å²) >= 11 is 1.51. The summed E-state index contributed by atoms with van der Waals surface area (Å²) in [5.74, 6) is 1.99. The van der Waals surface area contributed by atoms with Gasteiger partial charge in [-0.15, -0.1) is 0 Å². The van der Waals surface area contributed by atoms with E-state index in [2.05, 4.69) is 9.97 Å². The fraction of sp³-hybridized carbons (Fsp3) is 0.190. The molecule has 27 heavy (non-hydrogen) atoms. The number of aryl methyl sites for hydroxylation is 1. The van der Waals surface area contributed by atoms with Crippen LogP contribution in [0.5, 0.6) is 0 Å². The Morgan fingerprint density at radius 2 is 1.78 bits per heavy atom. The lowest BCUT2D eigenvalue weighted by Crippen LogP contribution is -2.22. The van der Waals surface area contributed by atoms with Crippen LogP contribution >= 0.6 is 11.8 Å². The van der Waals surface area contributed by atoms with E-state index >= 15 is 0 Å². The van der Waals surface area contributed by atoms with Gasteiger partial charge in [0.25, 0.3) is 5.56 Å². The van der Waals surface area contributed by atoms with Crippen LogP contribution in [0.2, 0.25) is 0 Å². The molecule has 0 aliphatic rings. The maximum absolute atomic E-state index is 12.7. The van der Waals surface area contributed by atoms with E-state index in [4.69, 9.17) is 4.42 Å². The van der Waals surface area contributed by atoms with E-state index in [1.165, 1.54) is 11.8 Å². The lowest BCUT2D eigenvalue weighted by atomic mass is 10.2. The van der Waals surface area contributed by atoms with Gasteiger partial charge >= 0.3 is 0 Å². The number of aromatic nitrogens is 3. The molecule has 6 heteroatoms. The molecule has 0 unspecified atom stereocenters.